The van der Waals surface area contributed by atoms with Crippen molar-refractivity contribution in [3.63, 3.8) is 0 Å². The molecule has 28 heavy (non-hydrogen) atoms. The third-order valence-corrected chi connectivity index (χ3v) is 4.77. The first-order valence-corrected chi connectivity index (χ1v) is 9.30. The van der Waals surface area contributed by atoms with Gasteiger partial charge >= 0.3 is 5.97 Å². The standard InChI is InChI=1S/C20H20Cl2N2O4/c1-12(25)23-17(10-13-6-3-2-4-7-13)19(26)24-18(20(27)28)11-14-15(21)8-5-9-16(14)22/h2-9,17-18H,10-11H2,1H3,(H,23,25)(H,24,26)(H,27,28)/t17-,18+/m1/s1. The summed E-state index contributed by atoms with van der Waals surface area (Å²) in [6.45, 7) is 1.30. The lowest BCUT2D eigenvalue weighted by Gasteiger charge is -2.22. The van der Waals surface area contributed by atoms with Gasteiger partial charge in [0.25, 0.3) is 0 Å². The molecule has 0 bridgehead atoms. The fraction of sp³-hybridized carbons (Fsp3) is 0.250. The minimum absolute atomic E-state index is 0.0856. The van der Waals surface area contributed by atoms with Gasteiger partial charge in [0, 0.05) is 29.8 Å². The number of rotatable bonds is 8. The average Bonchev–Trinajstić information content (AvgIpc) is 2.63. The van der Waals surface area contributed by atoms with Gasteiger partial charge in [0.2, 0.25) is 11.8 Å². The molecule has 0 aromatic heterocycles. The van der Waals surface area contributed by atoms with Gasteiger partial charge in [-0.2, -0.15) is 0 Å². The molecular weight excluding hydrogens is 403 g/mol. The lowest BCUT2D eigenvalue weighted by Crippen LogP contribution is -2.52. The van der Waals surface area contributed by atoms with E-state index in [0.717, 1.165) is 5.56 Å². The van der Waals surface area contributed by atoms with Crippen LogP contribution in [-0.4, -0.2) is 35.0 Å². The van der Waals surface area contributed by atoms with Crippen molar-refractivity contribution in [2.45, 2.75) is 31.8 Å². The quantitative estimate of drug-likeness (QED) is 0.609. The van der Waals surface area contributed by atoms with Crippen LogP contribution in [0.2, 0.25) is 10.0 Å². The second kappa shape index (κ2) is 10.1. The molecule has 0 heterocycles. The molecule has 0 aliphatic carbocycles. The van der Waals surface area contributed by atoms with Crippen molar-refractivity contribution >= 4 is 41.0 Å². The van der Waals surface area contributed by atoms with Crippen LogP contribution >= 0.6 is 23.2 Å². The number of halogens is 2. The van der Waals surface area contributed by atoms with Crippen molar-refractivity contribution in [1.29, 1.82) is 0 Å². The number of carboxylic acid groups (broad SMARTS) is 1. The SMILES string of the molecule is CC(=O)N[C@H](Cc1ccccc1)C(=O)N[C@@H](Cc1c(Cl)cccc1Cl)C(=O)O. The summed E-state index contributed by atoms with van der Waals surface area (Å²) in [5, 5.41) is 15.2. The molecule has 0 aliphatic heterocycles. The number of amides is 2. The Kier molecular flexibility index (Phi) is 7.84. The highest BCUT2D eigenvalue weighted by Gasteiger charge is 2.27. The predicted octanol–water partition coefficient (Wildman–Crippen LogP) is 2.85. The second-order valence-corrected chi connectivity index (χ2v) is 7.06. The molecule has 6 nitrogen and oxygen atoms in total. The number of carbonyl (C=O) groups is 3. The van der Waals surface area contributed by atoms with Gasteiger partial charge in [0.05, 0.1) is 0 Å². The number of carbonyl (C=O) groups excluding carboxylic acids is 2. The van der Waals surface area contributed by atoms with Gasteiger partial charge in [-0.05, 0) is 23.3 Å². The van der Waals surface area contributed by atoms with Crippen LogP contribution in [0.4, 0.5) is 0 Å². The largest absolute Gasteiger partial charge is 0.480 e. The fourth-order valence-electron chi connectivity index (χ4n) is 2.71. The summed E-state index contributed by atoms with van der Waals surface area (Å²) in [5.41, 5.74) is 1.26. The van der Waals surface area contributed by atoms with Crippen LogP contribution in [0.5, 0.6) is 0 Å². The first-order valence-electron chi connectivity index (χ1n) is 8.55. The minimum Gasteiger partial charge on any atom is -0.480 e. The number of hydrogen-bond donors (Lipinski definition) is 3. The van der Waals surface area contributed by atoms with Gasteiger partial charge < -0.3 is 15.7 Å². The Labute approximate surface area is 172 Å². The molecule has 2 atom stereocenters. The van der Waals surface area contributed by atoms with E-state index in [1.165, 1.54) is 6.92 Å². The lowest BCUT2D eigenvalue weighted by atomic mass is 10.0. The van der Waals surface area contributed by atoms with Crippen LogP contribution in [0.15, 0.2) is 48.5 Å². The zero-order chi connectivity index (χ0) is 20.7. The summed E-state index contributed by atoms with van der Waals surface area (Å²) in [5.74, 6) is -2.22. The molecule has 0 radical (unpaired) electrons. The molecular formula is C20H20Cl2N2O4. The number of nitrogens with one attached hydrogen (secondary N) is 2. The zero-order valence-corrected chi connectivity index (χ0v) is 16.6. The predicted molar refractivity (Wildman–Crippen MR) is 107 cm³/mol. The molecule has 0 aliphatic rings. The van der Waals surface area contributed by atoms with E-state index >= 15 is 0 Å². The molecule has 148 valence electrons. The maximum Gasteiger partial charge on any atom is 0.326 e. The number of carboxylic acids is 1. The second-order valence-electron chi connectivity index (χ2n) is 6.25. The smallest absolute Gasteiger partial charge is 0.326 e. The molecule has 2 rings (SSSR count). The Morgan fingerprint density at radius 1 is 0.893 bits per heavy atom. The average molecular weight is 423 g/mol. The zero-order valence-electron chi connectivity index (χ0n) is 15.1. The van der Waals surface area contributed by atoms with Crippen LogP contribution in [-0.2, 0) is 27.2 Å². The van der Waals surface area contributed by atoms with Crippen LogP contribution in [0.25, 0.3) is 0 Å². The van der Waals surface area contributed by atoms with Crippen molar-refractivity contribution < 1.29 is 19.5 Å². The van der Waals surface area contributed by atoms with Crippen LogP contribution in [0.1, 0.15) is 18.1 Å². The Morgan fingerprint density at radius 3 is 2.04 bits per heavy atom. The van der Waals surface area contributed by atoms with Gasteiger partial charge in [-0.1, -0.05) is 59.6 Å². The van der Waals surface area contributed by atoms with Crippen LogP contribution < -0.4 is 10.6 Å². The molecule has 0 fully saturated rings. The van der Waals surface area contributed by atoms with Crippen molar-refractivity contribution in [1.82, 2.24) is 10.6 Å². The highest BCUT2D eigenvalue weighted by atomic mass is 35.5. The Hall–Kier alpha value is -2.57. The number of benzene rings is 2. The third-order valence-electron chi connectivity index (χ3n) is 4.06. The highest BCUT2D eigenvalue weighted by molar-refractivity contribution is 6.36. The summed E-state index contributed by atoms with van der Waals surface area (Å²) in [6.07, 6.45) is 0.142. The monoisotopic (exact) mass is 422 g/mol. The van der Waals surface area contributed by atoms with Gasteiger partial charge in [-0.3, -0.25) is 9.59 Å². The normalized spacial score (nSPS) is 12.7. The number of aliphatic carboxylic acids is 1. The van der Waals surface area contributed by atoms with Crippen LogP contribution in [0.3, 0.4) is 0 Å². The van der Waals surface area contributed by atoms with E-state index in [2.05, 4.69) is 10.6 Å². The van der Waals surface area contributed by atoms with E-state index in [0.29, 0.717) is 15.6 Å². The molecule has 0 saturated heterocycles. The maximum atomic E-state index is 12.7. The molecule has 3 N–H and O–H groups in total. The van der Waals surface area contributed by atoms with Crippen molar-refractivity contribution in [3.05, 3.63) is 69.7 Å². The maximum absolute atomic E-state index is 12.7. The third kappa shape index (κ3) is 6.25. The molecule has 8 heteroatoms. The first kappa shape index (κ1) is 21.7. The summed E-state index contributed by atoms with van der Waals surface area (Å²) < 4.78 is 0. The Bertz CT molecular complexity index is 838. The molecule has 2 amide bonds. The highest BCUT2D eigenvalue weighted by Crippen LogP contribution is 2.25. The van der Waals surface area contributed by atoms with E-state index in [1.807, 2.05) is 30.3 Å². The first-order chi connectivity index (χ1) is 13.3. The van der Waals surface area contributed by atoms with E-state index < -0.39 is 29.9 Å². The van der Waals surface area contributed by atoms with Crippen LogP contribution in [0, 0.1) is 0 Å². The number of hydrogen-bond acceptors (Lipinski definition) is 3. The van der Waals surface area contributed by atoms with Crippen molar-refractivity contribution in [3.8, 4) is 0 Å². The molecule has 0 spiro atoms. The summed E-state index contributed by atoms with van der Waals surface area (Å²) in [7, 11) is 0. The van der Waals surface area contributed by atoms with E-state index in [1.54, 1.807) is 18.2 Å². The Morgan fingerprint density at radius 2 is 1.50 bits per heavy atom. The summed E-state index contributed by atoms with van der Waals surface area (Å²) in [4.78, 5) is 35.9. The Balaban J connectivity index is 2.17. The summed E-state index contributed by atoms with van der Waals surface area (Å²) in [6, 6.07) is 11.8. The topological polar surface area (TPSA) is 95.5 Å². The van der Waals surface area contributed by atoms with Gasteiger partial charge in [-0.25, -0.2) is 4.79 Å². The van der Waals surface area contributed by atoms with E-state index in [9.17, 15) is 19.5 Å². The summed E-state index contributed by atoms with van der Waals surface area (Å²) >= 11 is 12.2. The lowest BCUT2D eigenvalue weighted by molar-refractivity contribution is -0.142. The molecule has 0 saturated carbocycles. The van der Waals surface area contributed by atoms with E-state index in [-0.39, 0.29) is 12.8 Å². The minimum atomic E-state index is -1.25. The fourth-order valence-corrected chi connectivity index (χ4v) is 3.26. The molecule has 0 unspecified atom stereocenters. The van der Waals surface area contributed by atoms with Gasteiger partial charge in [-0.15, -0.1) is 0 Å². The molecule has 2 aromatic carbocycles. The molecule has 2 aromatic rings. The van der Waals surface area contributed by atoms with Gasteiger partial charge in [0.1, 0.15) is 12.1 Å². The van der Waals surface area contributed by atoms with Crippen molar-refractivity contribution in [2.75, 3.05) is 0 Å². The van der Waals surface area contributed by atoms with Crippen molar-refractivity contribution in [2.24, 2.45) is 0 Å². The van der Waals surface area contributed by atoms with Gasteiger partial charge in [0.15, 0.2) is 0 Å². The van der Waals surface area contributed by atoms with E-state index in [4.69, 9.17) is 23.2 Å².